The van der Waals surface area contributed by atoms with Crippen LogP contribution in [-0.2, 0) is 6.42 Å². The second-order valence-corrected chi connectivity index (χ2v) is 5.90. The van der Waals surface area contributed by atoms with Crippen molar-refractivity contribution in [2.24, 2.45) is 0 Å². The Kier molecular flexibility index (Phi) is 4.58. The number of hydrogen-bond donors (Lipinski definition) is 2. The largest absolute Gasteiger partial charge is 0.396 e. The minimum absolute atomic E-state index is 0.0141. The molecule has 4 heteroatoms. The van der Waals surface area contributed by atoms with Gasteiger partial charge in [-0.2, -0.15) is 0 Å². The summed E-state index contributed by atoms with van der Waals surface area (Å²) in [6.45, 7) is 4.11. The number of pyridine rings is 1. The minimum atomic E-state index is -0.181. The maximum absolute atomic E-state index is 12.4. The molecular weight excluding hydrogens is 300 g/mol. The van der Waals surface area contributed by atoms with Gasteiger partial charge in [-0.25, -0.2) is 0 Å². The Morgan fingerprint density at radius 1 is 1.12 bits per heavy atom. The molecule has 0 saturated heterocycles. The number of rotatable bonds is 4. The molecule has 0 unspecified atom stereocenters. The number of nitrogens with one attached hydrogen (secondary N) is 1. The summed E-state index contributed by atoms with van der Waals surface area (Å²) in [4.78, 5) is 16.9. The number of carbonyl (C=O) groups excluding carboxylic acids is 1. The smallest absolute Gasteiger partial charge is 0.255 e. The first-order chi connectivity index (χ1) is 11.6. The summed E-state index contributed by atoms with van der Waals surface area (Å²) < 4.78 is 0. The first kappa shape index (κ1) is 16.1. The monoisotopic (exact) mass is 320 g/mol. The lowest BCUT2D eigenvalue weighted by molar-refractivity contribution is 0.102. The van der Waals surface area contributed by atoms with Crippen molar-refractivity contribution in [2.75, 3.05) is 11.9 Å². The summed E-state index contributed by atoms with van der Waals surface area (Å²) in [5.74, 6) is -0.181. The zero-order valence-corrected chi connectivity index (χ0v) is 13.8. The topological polar surface area (TPSA) is 62.2 Å². The molecule has 2 N–H and O–H groups in total. The molecule has 3 rings (SSSR count). The first-order valence-corrected chi connectivity index (χ1v) is 7.96. The summed E-state index contributed by atoms with van der Waals surface area (Å²) in [5.41, 5.74) is 5.36. The third-order valence-electron chi connectivity index (χ3n) is 4.24. The standard InChI is InChI=1S/C20H20N2O2/c1-13-10-17-16(8-9-23)19(12-21-18(17)11-14(13)2)22-20(24)15-6-4-3-5-7-15/h3-7,10-12,23H,8-9H2,1-2H3,(H,22,24). The number of amides is 1. The van der Waals surface area contributed by atoms with Crippen LogP contribution in [-0.4, -0.2) is 22.6 Å². The molecule has 0 bridgehead atoms. The van der Waals surface area contributed by atoms with Gasteiger partial charge in [0.2, 0.25) is 0 Å². The van der Waals surface area contributed by atoms with Crippen molar-refractivity contribution in [1.29, 1.82) is 0 Å². The van der Waals surface area contributed by atoms with E-state index in [0.717, 1.165) is 22.0 Å². The molecule has 1 aromatic heterocycles. The van der Waals surface area contributed by atoms with E-state index in [1.807, 2.05) is 38.1 Å². The molecular formula is C20H20N2O2. The van der Waals surface area contributed by atoms with Crippen molar-refractivity contribution in [2.45, 2.75) is 20.3 Å². The van der Waals surface area contributed by atoms with Crippen molar-refractivity contribution in [3.05, 3.63) is 70.9 Å². The fourth-order valence-corrected chi connectivity index (χ4v) is 2.78. The van der Waals surface area contributed by atoms with Gasteiger partial charge in [0.1, 0.15) is 0 Å². The highest BCUT2D eigenvalue weighted by Crippen LogP contribution is 2.27. The van der Waals surface area contributed by atoms with Crippen LogP contribution in [0.4, 0.5) is 5.69 Å². The van der Waals surface area contributed by atoms with Crippen molar-refractivity contribution in [3.63, 3.8) is 0 Å². The van der Waals surface area contributed by atoms with Crippen LogP contribution in [0.15, 0.2) is 48.7 Å². The van der Waals surface area contributed by atoms with Crippen molar-refractivity contribution in [3.8, 4) is 0 Å². The summed E-state index contributed by atoms with van der Waals surface area (Å²) in [7, 11) is 0. The van der Waals surface area contributed by atoms with E-state index < -0.39 is 0 Å². The Morgan fingerprint density at radius 3 is 2.54 bits per heavy atom. The SMILES string of the molecule is Cc1cc2ncc(NC(=O)c3ccccc3)c(CCO)c2cc1C. The summed E-state index contributed by atoms with van der Waals surface area (Å²) in [6, 6.07) is 13.2. The Morgan fingerprint density at radius 2 is 1.83 bits per heavy atom. The van der Waals surface area contributed by atoms with E-state index in [1.165, 1.54) is 5.56 Å². The van der Waals surface area contributed by atoms with Gasteiger partial charge >= 0.3 is 0 Å². The lowest BCUT2D eigenvalue weighted by atomic mass is 9.99. The number of aliphatic hydroxyl groups excluding tert-OH is 1. The maximum atomic E-state index is 12.4. The Bertz CT molecular complexity index is 889. The fraction of sp³-hybridized carbons (Fsp3) is 0.200. The molecule has 24 heavy (non-hydrogen) atoms. The summed E-state index contributed by atoms with van der Waals surface area (Å²) >= 11 is 0. The molecule has 0 saturated carbocycles. The van der Waals surface area contributed by atoms with Gasteiger partial charge in [-0.3, -0.25) is 9.78 Å². The van der Waals surface area contributed by atoms with Crippen LogP contribution in [0.25, 0.3) is 10.9 Å². The highest BCUT2D eigenvalue weighted by molar-refractivity contribution is 6.05. The summed E-state index contributed by atoms with van der Waals surface area (Å²) in [5, 5.41) is 13.3. The Balaban J connectivity index is 2.05. The number of fused-ring (bicyclic) bond motifs is 1. The molecule has 1 heterocycles. The number of nitrogens with zero attached hydrogens (tertiary/aromatic N) is 1. The van der Waals surface area contributed by atoms with Gasteiger partial charge < -0.3 is 10.4 Å². The highest BCUT2D eigenvalue weighted by atomic mass is 16.3. The number of aromatic nitrogens is 1. The van der Waals surface area contributed by atoms with Crippen LogP contribution in [0, 0.1) is 13.8 Å². The van der Waals surface area contributed by atoms with Crippen LogP contribution in [0.1, 0.15) is 27.0 Å². The van der Waals surface area contributed by atoms with Gasteiger partial charge in [0, 0.05) is 17.6 Å². The van der Waals surface area contributed by atoms with E-state index in [1.54, 1.807) is 18.3 Å². The molecule has 1 amide bonds. The van der Waals surface area contributed by atoms with Gasteiger partial charge in [0.15, 0.2) is 0 Å². The van der Waals surface area contributed by atoms with E-state index >= 15 is 0 Å². The highest BCUT2D eigenvalue weighted by Gasteiger charge is 2.13. The van der Waals surface area contributed by atoms with Crippen LogP contribution in [0.2, 0.25) is 0 Å². The summed E-state index contributed by atoms with van der Waals surface area (Å²) in [6.07, 6.45) is 2.13. The first-order valence-electron chi connectivity index (χ1n) is 7.96. The number of benzene rings is 2. The Hall–Kier alpha value is -2.72. The van der Waals surface area contributed by atoms with E-state index in [9.17, 15) is 9.90 Å². The normalized spacial score (nSPS) is 10.8. The average Bonchev–Trinajstić information content (AvgIpc) is 2.59. The lowest BCUT2D eigenvalue weighted by Gasteiger charge is -2.14. The number of hydrogen-bond acceptors (Lipinski definition) is 3. The van der Waals surface area contributed by atoms with Crippen molar-refractivity contribution >= 4 is 22.5 Å². The molecule has 4 nitrogen and oxygen atoms in total. The molecule has 0 radical (unpaired) electrons. The van der Waals surface area contributed by atoms with Gasteiger partial charge in [-0.1, -0.05) is 18.2 Å². The molecule has 3 aromatic rings. The molecule has 0 aliphatic rings. The van der Waals surface area contributed by atoms with Gasteiger partial charge in [-0.15, -0.1) is 0 Å². The van der Waals surface area contributed by atoms with Gasteiger partial charge in [0.25, 0.3) is 5.91 Å². The number of aliphatic hydroxyl groups is 1. The van der Waals surface area contributed by atoms with Crippen LogP contribution in [0.3, 0.4) is 0 Å². The van der Waals surface area contributed by atoms with Crippen LogP contribution >= 0.6 is 0 Å². The third-order valence-corrected chi connectivity index (χ3v) is 4.24. The average molecular weight is 320 g/mol. The van der Waals surface area contributed by atoms with E-state index in [-0.39, 0.29) is 12.5 Å². The molecule has 0 aliphatic carbocycles. The van der Waals surface area contributed by atoms with Crippen molar-refractivity contribution < 1.29 is 9.90 Å². The zero-order chi connectivity index (χ0) is 17.1. The third kappa shape index (κ3) is 3.14. The lowest BCUT2D eigenvalue weighted by Crippen LogP contribution is -2.14. The zero-order valence-electron chi connectivity index (χ0n) is 13.8. The molecule has 0 fully saturated rings. The second-order valence-electron chi connectivity index (χ2n) is 5.90. The maximum Gasteiger partial charge on any atom is 0.255 e. The minimum Gasteiger partial charge on any atom is -0.396 e. The second kappa shape index (κ2) is 6.81. The van der Waals surface area contributed by atoms with Gasteiger partial charge in [-0.05, 0) is 61.2 Å². The quantitative estimate of drug-likeness (QED) is 0.771. The number of anilines is 1. The predicted molar refractivity (Wildman–Crippen MR) is 96.4 cm³/mol. The molecule has 2 aromatic carbocycles. The Labute approximate surface area is 141 Å². The molecule has 122 valence electrons. The molecule has 0 aliphatic heterocycles. The molecule has 0 atom stereocenters. The van der Waals surface area contributed by atoms with Crippen LogP contribution < -0.4 is 5.32 Å². The van der Waals surface area contributed by atoms with E-state index in [4.69, 9.17) is 0 Å². The van der Waals surface area contributed by atoms with Crippen molar-refractivity contribution in [1.82, 2.24) is 4.98 Å². The predicted octanol–water partition coefficient (Wildman–Crippen LogP) is 3.64. The molecule has 0 spiro atoms. The van der Waals surface area contributed by atoms with Gasteiger partial charge in [0.05, 0.1) is 17.4 Å². The number of carbonyl (C=O) groups is 1. The van der Waals surface area contributed by atoms with E-state index in [2.05, 4.69) is 16.4 Å². The van der Waals surface area contributed by atoms with E-state index in [0.29, 0.717) is 17.7 Å². The number of aryl methyl sites for hydroxylation is 2. The van der Waals surface area contributed by atoms with Crippen LogP contribution in [0.5, 0.6) is 0 Å². The fourth-order valence-electron chi connectivity index (χ4n) is 2.78.